The number of methoxy groups -OCH3 is 2. The van der Waals surface area contributed by atoms with Gasteiger partial charge in [-0.05, 0) is 61.2 Å². The van der Waals surface area contributed by atoms with Crippen LogP contribution in [0.1, 0.15) is 18.4 Å². The molecule has 1 aliphatic carbocycles. The molecule has 0 aliphatic heterocycles. The summed E-state index contributed by atoms with van der Waals surface area (Å²) in [4.78, 5) is 24.6. The zero-order chi connectivity index (χ0) is 19.8. The molecule has 0 unspecified atom stereocenters. The molecule has 0 atom stereocenters. The Morgan fingerprint density at radius 2 is 1.79 bits per heavy atom. The molecule has 28 heavy (non-hydrogen) atoms. The van der Waals surface area contributed by atoms with Gasteiger partial charge in [-0.1, -0.05) is 6.07 Å². The standard InChI is InChI=1S/C22H20O6/c1-12-16-11-15(27-21(23)13-4-5-13)7-9-17(16)28-22(24)20(12)14-6-8-18(25-2)19(10-14)26-3/h6-11,13H,4-5H2,1-3H3. The maximum Gasteiger partial charge on any atom is 0.344 e. The monoisotopic (exact) mass is 380 g/mol. The summed E-state index contributed by atoms with van der Waals surface area (Å²) in [6.45, 7) is 1.85. The highest BCUT2D eigenvalue weighted by Crippen LogP contribution is 2.35. The van der Waals surface area contributed by atoms with Crippen LogP contribution in [0.5, 0.6) is 17.2 Å². The van der Waals surface area contributed by atoms with E-state index in [1.807, 2.05) is 6.92 Å². The number of hydrogen-bond donors (Lipinski definition) is 0. The molecule has 6 heteroatoms. The first-order valence-corrected chi connectivity index (χ1v) is 9.03. The molecule has 3 aromatic rings. The van der Waals surface area contributed by atoms with Gasteiger partial charge in [0.05, 0.1) is 25.7 Å². The highest BCUT2D eigenvalue weighted by molar-refractivity contribution is 5.88. The van der Waals surface area contributed by atoms with Crippen LogP contribution in [0.25, 0.3) is 22.1 Å². The number of carbonyl (C=O) groups excluding carboxylic acids is 1. The van der Waals surface area contributed by atoms with Crippen molar-refractivity contribution in [3.63, 3.8) is 0 Å². The van der Waals surface area contributed by atoms with Crippen LogP contribution >= 0.6 is 0 Å². The summed E-state index contributed by atoms with van der Waals surface area (Å²) in [6, 6.07) is 10.3. The minimum absolute atomic E-state index is 0.00724. The van der Waals surface area contributed by atoms with Gasteiger partial charge in [-0.2, -0.15) is 0 Å². The van der Waals surface area contributed by atoms with Crippen LogP contribution in [0, 0.1) is 12.8 Å². The molecule has 144 valence electrons. The smallest absolute Gasteiger partial charge is 0.344 e. The van der Waals surface area contributed by atoms with E-state index in [4.69, 9.17) is 18.6 Å². The van der Waals surface area contributed by atoms with Crippen LogP contribution in [-0.4, -0.2) is 20.2 Å². The molecule has 1 aliphatic rings. The SMILES string of the molecule is COc1ccc(-c2c(C)c3cc(OC(=O)C4CC4)ccc3oc2=O)cc1OC. The quantitative estimate of drug-likeness (QED) is 0.377. The topological polar surface area (TPSA) is 75.0 Å². The highest BCUT2D eigenvalue weighted by Gasteiger charge is 2.31. The van der Waals surface area contributed by atoms with Gasteiger partial charge in [-0.3, -0.25) is 4.79 Å². The van der Waals surface area contributed by atoms with Gasteiger partial charge in [0.15, 0.2) is 11.5 Å². The minimum Gasteiger partial charge on any atom is -0.493 e. The Kier molecular flexibility index (Phi) is 4.55. The molecule has 0 amide bonds. The molecule has 4 rings (SSSR count). The Morgan fingerprint density at radius 1 is 1.04 bits per heavy atom. The van der Waals surface area contributed by atoms with Crippen molar-refractivity contribution in [2.75, 3.05) is 14.2 Å². The lowest BCUT2D eigenvalue weighted by Gasteiger charge is -2.12. The van der Waals surface area contributed by atoms with E-state index in [0.29, 0.717) is 39.3 Å². The van der Waals surface area contributed by atoms with E-state index in [2.05, 4.69) is 0 Å². The number of ether oxygens (including phenoxy) is 3. The van der Waals surface area contributed by atoms with Gasteiger partial charge in [-0.25, -0.2) is 4.79 Å². The number of esters is 1. The van der Waals surface area contributed by atoms with E-state index in [0.717, 1.165) is 18.4 Å². The lowest BCUT2D eigenvalue weighted by Crippen LogP contribution is -2.10. The van der Waals surface area contributed by atoms with Crippen molar-refractivity contribution in [3.8, 4) is 28.4 Å². The molecule has 0 bridgehead atoms. The predicted octanol–water partition coefficient (Wildman–Crippen LogP) is 4.10. The summed E-state index contributed by atoms with van der Waals surface area (Å²) in [7, 11) is 3.09. The summed E-state index contributed by atoms with van der Waals surface area (Å²) in [5, 5.41) is 0.713. The summed E-state index contributed by atoms with van der Waals surface area (Å²) in [5.41, 5.74) is 1.82. The fourth-order valence-electron chi connectivity index (χ4n) is 3.24. The maximum atomic E-state index is 12.6. The number of aryl methyl sites for hydroxylation is 1. The third-order valence-corrected chi connectivity index (χ3v) is 4.94. The second-order valence-electron chi connectivity index (χ2n) is 6.81. The first-order chi connectivity index (χ1) is 13.5. The van der Waals surface area contributed by atoms with Crippen molar-refractivity contribution in [3.05, 3.63) is 52.4 Å². The zero-order valence-electron chi connectivity index (χ0n) is 15.9. The maximum absolute atomic E-state index is 12.6. The van der Waals surface area contributed by atoms with Crippen LogP contribution in [0.4, 0.5) is 0 Å². The number of carbonyl (C=O) groups is 1. The van der Waals surface area contributed by atoms with Gasteiger partial charge in [0, 0.05) is 5.39 Å². The van der Waals surface area contributed by atoms with E-state index < -0.39 is 5.63 Å². The van der Waals surface area contributed by atoms with Gasteiger partial charge in [-0.15, -0.1) is 0 Å². The first-order valence-electron chi connectivity index (χ1n) is 9.03. The largest absolute Gasteiger partial charge is 0.493 e. The van der Waals surface area contributed by atoms with Crippen LogP contribution < -0.4 is 19.8 Å². The summed E-state index contributed by atoms with van der Waals surface area (Å²) >= 11 is 0. The lowest BCUT2D eigenvalue weighted by molar-refractivity contribution is -0.135. The molecule has 0 spiro atoms. The van der Waals surface area contributed by atoms with Crippen LogP contribution in [0.2, 0.25) is 0 Å². The fourth-order valence-corrected chi connectivity index (χ4v) is 3.24. The lowest BCUT2D eigenvalue weighted by atomic mass is 9.99. The zero-order valence-corrected chi connectivity index (χ0v) is 15.9. The number of benzene rings is 2. The molecule has 0 saturated heterocycles. The molecule has 1 heterocycles. The van der Waals surface area contributed by atoms with Crippen molar-refractivity contribution in [2.45, 2.75) is 19.8 Å². The molecule has 0 radical (unpaired) electrons. The highest BCUT2D eigenvalue weighted by atomic mass is 16.5. The molecule has 2 aromatic carbocycles. The van der Waals surface area contributed by atoms with Crippen molar-refractivity contribution in [1.29, 1.82) is 0 Å². The molecule has 1 aromatic heterocycles. The summed E-state index contributed by atoms with van der Waals surface area (Å²) in [5.74, 6) is 1.33. The Morgan fingerprint density at radius 3 is 2.46 bits per heavy atom. The molecule has 0 N–H and O–H groups in total. The average molecular weight is 380 g/mol. The normalized spacial score (nSPS) is 13.4. The number of hydrogen-bond acceptors (Lipinski definition) is 6. The van der Waals surface area contributed by atoms with Gasteiger partial charge < -0.3 is 18.6 Å². The second kappa shape index (κ2) is 7.03. The molecular weight excluding hydrogens is 360 g/mol. The number of rotatable bonds is 5. The van der Waals surface area contributed by atoms with Crippen molar-refractivity contribution >= 4 is 16.9 Å². The Hall–Kier alpha value is -3.28. The summed E-state index contributed by atoms with van der Waals surface area (Å²) in [6.07, 6.45) is 1.76. The van der Waals surface area contributed by atoms with Crippen molar-refractivity contribution < 1.29 is 23.4 Å². The fraction of sp³-hybridized carbons (Fsp3) is 0.273. The van der Waals surface area contributed by atoms with Crippen LogP contribution in [0.15, 0.2) is 45.6 Å². The van der Waals surface area contributed by atoms with Crippen molar-refractivity contribution in [1.82, 2.24) is 0 Å². The Balaban J connectivity index is 1.82. The molecule has 1 saturated carbocycles. The van der Waals surface area contributed by atoms with E-state index in [9.17, 15) is 9.59 Å². The van der Waals surface area contributed by atoms with E-state index in [-0.39, 0.29) is 11.9 Å². The second-order valence-corrected chi connectivity index (χ2v) is 6.81. The van der Waals surface area contributed by atoms with E-state index >= 15 is 0 Å². The minimum atomic E-state index is -0.444. The van der Waals surface area contributed by atoms with Gasteiger partial charge in [0.2, 0.25) is 0 Å². The first kappa shape index (κ1) is 18.1. The van der Waals surface area contributed by atoms with Crippen LogP contribution in [-0.2, 0) is 4.79 Å². The van der Waals surface area contributed by atoms with Gasteiger partial charge in [0.1, 0.15) is 11.3 Å². The third-order valence-electron chi connectivity index (χ3n) is 4.94. The predicted molar refractivity (Wildman–Crippen MR) is 104 cm³/mol. The van der Waals surface area contributed by atoms with Crippen LogP contribution in [0.3, 0.4) is 0 Å². The Labute approximate surface area is 161 Å². The molecule has 1 fully saturated rings. The van der Waals surface area contributed by atoms with Gasteiger partial charge >= 0.3 is 11.6 Å². The van der Waals surface area contributed by atoms with Crippen molar-refractivity contribution in [2.24, 2.45) is 5.92 Å². The Bertz CT molecular complexity index is 1120. The average Bonchev–Trinajstić information content (AvgIpc) is 3.54. The molecular formula is C22H20O6. The van der Waals surface area contributed by atoms with E-state index in [1.54, 1.807) is 43.5 Å². The third kappa shape index (κ3) is 3.22. The van der Waals surface area contributed by atoms with Gasteiger partial charge in [0.25, 0.3) is 0 Å². The summed E-state index contributed by atoms with van der Waals surface area (Å²) < 4.78 is 21.6. The molecule has 6 nitrogen and oxygen atoms in total. The van der Waals surface area contributed by atoms with E-state index in [1.165, 1.54) is 7.11 Å². The number of fused-ring (bicyclic) bond motifs is 1.